The Hall–Kier alpha value is -1.06. The number of aryl methyl sites for hydroxylation is 2. The van der Waals surface area contributed by atoms with Crippen LogP contribution in [0.3, 0.4) is 0 Å². The molecule has 0 heterocycles. The van der Waals surface area contributed by atoms with E-state index < -0.39 is 6.10 Å². The molecule has 1 aromatic rings. The number of hydrogen-bond donors (Lipinski definition) is 2. The van der Waals surface area contributed by atoms with E-state index in [1.54, 1.807) is 7.11 Å². The molecule has 0 spiro atoms. The van der Waals surface area contributed by atoms with Crippen LogP contribution in [0.25, 0.3) is 0 Å². The van der Waals surface area contributed by atoms with Crippen molar-refractivity contribution in [2.45, 2.75) is 39.8 Å². The molecule has 0 saturated carbocycles. The van der Waals surface area contributed by atoms with Crippen LogP contribution in [0, 0.1) is 19.8 Å². The van der Waals surface area contributed by atoms with Crippen LogP contribution in [0.2, 0.25) is 0 Å². The van der Waals surface area contributed by atoms with E-state index in [0.717, 1.165) is 22.4 Å². The zero-order chi connectivity index (χ0) is 13.9. The zero-order valence-electron chi connectivity index (χ0n) is 12.2. The van der Waals surface area contributed by atoms with Gasteiger partial charge in [0.1, 0.15) is 5.75 Å². The van der Waals surface area contributed by atoms with E-state index in [1.165, 1.54) is 0 Å². The van der Waals surface area contributed by atoms with Gasteiger partial charge in [0.2, 0.25) is 0 Å². The van der Waals surface area contributed by atoms with Crippen LogP contribution in [-0.2, 0) is 0 Å². The molecule has 0 aliphatic rings. The topological polar surface area (TPSA) is 41.5 Å². The summed E-state index contributed by atoms with van der Waals surface area (Å²) in [7, 11) is 3.55. The van der Waals surface area contributed by atoms with E-state index >= 15 is 0 Å². The van der Waals surface area contributed by atoms with Crippen molar-refractivity contribution in [3.05, 3.63) is 28.8 Å². The summed E-state index contributed by atoms with van der Waals surface area (Å²) in [5.41, 5.74) is 3.14. The van der Waals surface area contributed by atoms with Gasteiger partial charge in [-0.15, -0.1) is 0 Å². The molecule has 18 heavy (non-hydrogen) atoms. The van der Waals surface area contributed by atoms with Crippen molar-refractivity contribution in [1.82, 2.24) is 5.32 Å². The normalized spacial score (nSPS) is 14.7. The van der Waals surface area contributed by atoms with Gasteiger partial charge in [-0.1, -0.05) is 13.8 Å². The molecule has 0 aliphatic carbocycles. The van der Waals surface area contributed by atoms with Crippen LogP contribution in [0.15, 0.2) is 12.1 Å². The lowest BCUT2D eigenvalue weighted by Gasteiger charge is -2.28. The summed E-state index contributed by atoms with van der Waals surface area (Å²) in [5.74, 6) is 1.21. The Morgan fingerprint density at radius 2 is 1.67 bits per heavy atom. The molecule has 2 atom stereocenters. The average molecular weight is 251 g/mol. The third-order valence-corrected chi connectivity index (χ3v) is 3.49. The first kappa shape index (κ1) is 15.0. The quantitative estimate of drug-likeness (QED) is 0.845. The third-order valence-electron chi connectivity index (χ3n) is 3.49. The molecule has 2 N–H and O–H groups in total. The summed E-state index contributed by atoms with van der Waals surface area (Å²) in [6.45, 7) is 8.25. The Kier molecular flexibility index (Phi) is 5.17. The number of hydrogen-bond acceptors (Lipinski definition) is 3. The van der Waals surface area contributed by atoms with Crippen LogP contribution >= 0.6 is 0 Å². The fourth-order valence-electron chi connectivity index (χ4n) is 2.55. The maximum absolute atomic E-state index is 10.6. The number of aliphatic hydroxyl groups excluding tert-OH is 1. The molecule has 2 unspecified atom stereocenters. The first-order chi connectivity index (χ1) is 8.42. The second-order valence-electron chi connectivity index (χ2n) is 5.18. The van der Waals surface area contributed by atoms with Gasteiger partial charge >= 0.3 is 0 Å². The van der Waals surface area contributed by atoms with Gasteiger partial charge < -0.3 is 15.2 Å². The molecule has 0 aliphatic heterocycles. The molecule has 0 aromatic heterocycles. The van der Waals surface area contributed by atoms with Gasteiger partial charge in [0, 0.05) is 6.04 Å². The molecular weight excluding hydrogens is 226 g/mol. The fraction of sp³-hybridized carbons (Fsp3) is 0.600. The Bertz CT molecular complexity index is 378. The van der Waals surface area contributed by atoms with E-state index in [9.17, 15) is 5.11 Å². The summed E-state index contributed by atoms with van der Waals surface area (Å²) in [5, 5.41) is 13.8. The van der Waals surface area contributed by atoms with Crippen LogP contribution in [0.4, 0.5) is 0 Å². The molecule has 1 rings (SSSR count). The van der Waals surface area contributed by atoms with Crippen molar-refractivity contribution in [3.8, 4) is 5.75 Å². The first-order valence-electron chi connectivity index (χ1n) is 6.42. The number of likely N-dealkylation sites (N-methyl/N-ethyl adjacent to an activating group) is 1. The largest absolute Gasteiger partial charge is 0.497 e. The maximum Gasteiger partial charge on any atom is 0.119 e. The van der Waals surface area contributed by atoms with Gasteiger partial charge in [-0.05, 0) is 55.6 Å². The Labute approximate surface area is 110 Å². The summed E-state index contributed by atoms with van der Waals surface area (Å²) in [4.78, 5) is 0. The predicted octanol–water partition coefficient (Wildman–Crippen LogP) is 2.59. The highest BCUT2D eigenvalue weighted by molar-refractivity contribution is 5.42. The van der Waals surface area contributed by atoms with Gasteiger partial charge in [-0.2, -0.15) is 0 Å². The van der Waals surface area contributed by atoms with Crippen molar-refractivity contribution in [1.29, 1.82) is 0 Å². The van der Waals surface area contributed by atoms with E-state index in [4.69, 9.17) is 4.74 Å². The predicted molar refractivity (Wildman–Crippen MR) is 75.1 cm³/mol. The molecule has 102 valence electrons. The van der Waals surface area contributed by atoms with Crippen molar-refractivity contribution < 1.29 is 9.84 Å². The van der Waals surface area contributed by atoms with Crippen molar-refractivity contribution in [2.75, 3.05) is 14.2 Å². The number of nitrogens with one attached hydrogen (secondary N) is 1. The number of ether oxygens (including phenoxy) is 1. The SMILES string of the molecule is CNC(C(C)C)C(O)c1c(C)cc(OC)cc1C. The van der Waals surface area contributed by atoms with Crippen molar-refractivity contribution in [3.63, 3.8) is 0 Å². The molecule has 3 heteroatoms. The molecule has 0 bridgehead atoms. The van der Waals surface area contributed by atoms with Gasteiger partial charge in [0.25, 0.3) is 0 Å². The molecule has 0 amide bonds. The van der Waals surface area contributed by atoms with E-state index in [-0.39, 0.29) is 6.04 Å². The minimum absolute atomic E-state index is 0.0517. The van der Waals surface area contributed by atoms with Gasteiger partial charge in [-0.25, -0.2) is 0 Å². The van der Waals surface area contributed by atoms with Crippen LogP contribution < -0.4 is 10.1 Å². The monoisotopic (exact) mass is 251 g/mol. The molecule has 3 nitrogen and oxygen atoms in total. The Morgan fingerprint density at radius 3 is 2.00 bits per heavy atom. The van der Waals surface area contributed by atoms with E-state index in [0.29, 0.717) is 5.92 Å². The van der Waals surface area contributed by atoms with Crippen LogP contribution in [-0.4, -0.2) is 25.3 Å². The van der Waals surface area contributed by atoms with E-state index in [2.05, 4.69) is 19.2 Å². The van der Waals surface area contributed by atoms with Gasteiger partial charge in [0.15, 0.2) is 0 Å². The lowest BCUT2D eigenvalue weighted by Crippen LogP contribution is -2.37. The minimum atomic E-state index is -0.499. The van der Waals surface area contributed by atoms with Gasteiger partial charge in [-0.3, -0.25) is 0 Å². The number of benzene rings is 1. The highest BCUT2D eigenvalue weighted by Gasteiger charge is 2.25. The Morgan fingerprint density at radius 1 is 1.17 bits per heavy atom. The molecular formula is C15H25NO2. The lowest BCUT2D eigenvalue weighted by molar-refractivity contribution is 0.108. The number of aliphatic hydroxyl groups is 1. The summed E-state index contributed by atoms with van der Waals surface area (Å²) in [6.07, 6.45) is -0.499. The summed E-state index contributed by atoms with van der Waals surface area (Å²) < 4.78 is 5.25. The van der Waals surface area contributed by atoms with Gasteiger partial charge in [0.05, 0.1) is 13.2 Å². The fourth-order valence-corrected chi connectivity index (χ4v) is 2.55. The molecule has 0 radical (unpaired) electrons. The van der Waals surface area contributed by atoms with Crippen molar-refractivity contribution >= 4 is 0 Å². The maximum atomic E-state index is 10.6. The van der Waals surface area contributed by atoms with E-state index in [1.807, 2.05) is 33.0 Å². The highest BCUT2D eigenvalue weighted by atomic mass is 16.5. The lowest BCUT2D eigenvalue weighted by atomic mass is 9.88. The number of methoxy groups -OCH3 is 1. The minimum Gasteiger partial charge on any atom is -0.497 e. The first-order valence-corrected chi connectivity index (χ1v) is 6.42. The molecule has 1 aromatic carbocycles. The average Bonchev–Trinajstić information content (AvgIpc) is 2.28. The summed E-state index contributed by atoms with van der Waals surface area (Å²) >= 11 is 0. The smallest absolute Gasteiger partial charge is 0.119 e. The summed E-state index contributed by atoms with van der Waals surface area (Å²) in [6, 6.07) is 3.99. The van der Waals surface area contributed by atoms with Crippen LogP contribution in [0.1, 0.15) is 36.6 Å². The highest BCUT2D eigenvalue weighted by Crippen LogP contribution is 2.30. The van der Waals surface area contributed by atoms with Crippen molar-refractivity contribution in [2.24, 2.45) is 5.92 Å². The second-order valence-corrected chi connectivity index (χ2v) is 5.18. The molecule has 0 fully saturated rings. The van der Waals surface area contributed by atoms with Crippen LogP contribution in [0.5, 0.6) is 5.75 Å². The zero-order valence-corrected chi connectivity index (χ0v) is 12.2. The second kappa shape index (κ2) is 6.21. The third kappa shape index (κ3) is 3.03. The Balaban J connectivity index is 3.16. The standard InChI is InChI=1S/C15H25NO2/c1-9(2)14(16-5)15(17)13-10(3)7-12(18-6)8-11(13)4/h7-9,14-17H,1-6H3. The molecule has 0 saturated heterocycles. The number of rotatable bonds is 5.